The molecular weight excluding hydrogens is 610 g/mol. The van der Waals surface area contributed by atoms with Crippen LogP contribution in [0, 0.1) is 0 Å². The number of nitrogens with zero attached hydrogens (tertiary/aromatic N) is 5. The number of rotatable bonds is 8. The fourth-order valence-corrected chi connectivity index (χ4v) is 9.56. The molecular formula is C31H35F3N6O2S2. The first-order chi connectivity index (χ1) is 21.3. The number of piperazine rings is 1. The molecule has 2 unspecified atom stereocenters. The van der Waals surface area contributed by atoms with Crippen LogP contribution in [0.25, 0.3) is 10.6 Å². The third-order valence-corrected chi connectivity index (χ3v) is 12.0. The van der Waals surface area contributed by atoms with Crippen LogP contribution in [0.3, 0.4) is 0 Å². The number of halogens is 3. The Morgan fingerprint density at radius 2 is 1.89 bits per heavy atom. The van der Waals surface area contributed by atoms with Gasteiger partial charge in [0.2, 0.25) is 5.95 Å². The van der Waals surface area contributed by atoms with Crippen LogP contribution in [0.2, 0.25) is 0 Å². The number of aliphatic hydroxyl groups is 1. The third-order valence-electron chi connectivity index (χ3n) is 9.52. The molecule has 2 bridgehead atoms. The minimum atomic E-state index is -4.58. The van der Waals surface area contributed by atoms with Gasteiger partial charge in [0, 0.05) is 61.1 Å². The van der Waals surface area contributed by atoms with Gasteiger partial charge in [-0.2, -0.15) is 13.2 Å². The number of nitrogens with one attached hydrogen (secondary N) is 1. The average molecular weight is 645 g/mol. The fourth-order valence-electron chi connectivity index (χ4n) is 7.02. The molecule has 6 heterocycles. The lowest BCUT2D eigenvalue weighted by molar-refractivity contribution is -0.137. The zero-order chi connectivity index (χ0) is 30.1. The van der Waals surface area contributed by atoms with Crippen molar-refractivity contribution in [2.75, 3.05) is 48.8 Å². The highest BCUT2D eigenvalue weighted by Gasteiger charge is 2.50. The molecule has 2 N–H and O–H groups in total. The molecule has 2 saturated heterocycles. The summed E-state index contributed by atoms with van der Waals surface area (Å²) in [5.41, 5.74) is 0.395. The van der Waals surface area contributed by atoms with E-state index in [0.29, 0.717) is 29.5 Å². The Morgan fingerprint density at radius 3 is 2.59 bits per heavy atom. The van der Waals surface area contributed by atoms with E-state index in [1.807, 2.05) is 18.2 Å². The van der Waals surface area contributed by atoms with Gasteiger partial charge in [0.1, 0.15) is 17.0 Å². The lowest BCUT2D eigenvalue weighted by atomic mass is 10.1. The predicted octanol–water partition coefficient (Wildman–Crippen LogP) is 6.39. The van der Waals surface area contributed by atoms with Gasteiger partial charge in [0.15, 0.2) is 0 Å². The standard InChI is InChI=1S/C31H35F3N6O2S2/c32-31(33,34)21-15-35-29(38-27(21)23-14-24-28(44-23)30(8-9-30)42-12-13-43-24)36-22-6-7-25(37-26(22)18-2-3-18)39-16-19-4-5-20(17-39)40(19)10-1-11-41/h6-7,14-15,18-20,41H,1-5,8-13,16-17H2,(H,35,36,38). The normalized spacial score (nSPS) is 24.4. The zero-order valence-electron chi connectivity index (χ0n) is 24.3. The predicted molar refractivity (Wildman–Crippen MR) is 165 cm³/mol. The van der Waals surface area contributed by atoms with Gasteiger partial charge in [-0.25, -0.2) is 15.0 Å². The maximum absolute atomic E-state index is 14.2. The van der Waals surface area contributed by atoms with Gasteiger partial charge >= 0.3 is 6.18 Å². The van der Waals surface area contributed by atoms with E-state index in [-0.39, 0.29) is 23.9 Å². The van der Waals surface area contributed by atoms with Crippen LogP contribution in [-0.2, 0) is 16.5 Å². The topological polar surface area (TPSA) is 86.6 Å². The molecule has 234 valence electrons. The van der Waals surface area contributed by atoms with E-state index < -0.39 is 11.7 Å². The Bertz CT molecular complexity index is 1550. The van der Waals surface area contributed by atoms with Gasteiger partial charge in [0.05, 0.1) is 33.4 Å². The summed E-state index contributed by atoms with van der Waals surface area (Å²) < 4.78 is 48.7. The highest BCUT2D eigenvalue weighted by atomic mass is 32.2. The van der Waals surface area contributed by atoms with Crippen LogP contribution < -0.4 is 10.2 Å². The monoisotopic (exact) mass is 644 g/mol. The second kappa shape index (κ2) is 11.1. The summed E-state index contributed by atoms with van der Waals surface area (Å²) in [4.78, 5) is 21.2. The first kappa shape index (κ1) is 29.0. The summed E-state index contributed by atoms with van der Waals surface area (Å²) in [6.45, 7) is 3.61. The molecule has 13 heteroatoms. The molecule has 0 aromatic carbocycles. The summed E-state index contributed by atoms with van der Waals surface area (Å²) in [5.74, 6) is 2.17. The molecule has 1 spiro atoms. The molecule has 5 aliphatic rings. The highest BCUT2D eigenvalue weighted by Crippen LogP contribution is 2.57. The number of hydrogen-bond donors (Lipinski definition) is 2. The first-order valence-corrected chi connectivity index (χ1v) is 17.4. The molecule has 2 aliphatic carbocycles. The van der Waals surface area contributed by atoms with Crippen LogP contribution in [0.15, 0.2) is 29.3 Å². The summed E-state index contributed by atoms with van der Waals surface area (Å²) >= 11 is 3.00. The van der Waals surface area contributed by atoms with Crippen molar-refractivity contribution in [3.05, 3.63) is 40.5 Å². The Morgan fingerprint density at radius 1 is 1.09 bits per heavy atom. The Kier molecular flexibility index (Phi) is 7.32. The molecule has 8 rings (SSSR count). The van der Waals surface area contributed by atoms with Crippen molar-refractivity contribution >= 4 is 40.6 Å². The van der Waals surface area contributed by atoms with E-state index in [2.05, 4.69) is 25.1 Å². The number of alkyl halides is 3. The van der Waals surface area contributed by atoms with Crippen LogP contribution >= 0.6 is 23.1 Å². The van der Waals surface area contributed by atoms with Crippen molar-refractivity contribution in [3.8, 4) is 10.6 Å². The number of fused-ring (bicyclic) bond motifs is 4. The van der Waals surface area contributed by atoms with Crippen molar-refractivity contribution < 1.29 is 23.0 Å². The van der Waals surface area contributed by atoms with Gasteiger partial charge in [-0.1, -0.05) is 0 Å². The minimum absolute atomic E-state index is 0.100. The molecule has 0 amide bonds. The molecule has 0 radical (unpaired) electrons. The van der Waals surface area contributed by atoms with Gasteiger partial charge < -0.3 is 20.1 Å². The number of anilines is 3. The molecule has 2 saturated carbocycles. The molecule has 8 nitrogen and oxygen atoms in total. The van der Waals surface area contributed by atoms with Crippen molar-refractivity contribution in [1.29, 1.82) is 0 Å². The first-order valence-electron chi connectivity index (χ1n) is 15.6. The summed E-state index contributed by atoms with van der Waals surface area (Å²) in [5, 5.41) is 12.6. The number of thiophene rings is 1. The molecule has 3 aromatic heterocycles. The second-order valence-electron chi connectivity index (χ2n) is 12.6. The van der Waals surface area contributed by atoms with Gasteiger partial charge in [-0.3, -0.25) is 4.90 Å². The van der Waals surface area contributed by atoms with E-state index in [0.717, 1.165) is 104 Å². The van der Waals surface area contributed by atoms with E-state index in [1.165, 1.54) is 11.3 Å². The van der Waals surface area contributed by atoms with E-state index in [1.54, 1.807) is 11.8 Å². The molecule has 3 aromatic rings. The Hall–Kier alpha value is -2.45. The van der Waals surface area contributed by atoms with Gasteiger partial charge in [0.25, 0.3) is 0 Å². The van der Waals surface area contributed by atoms with Gasteiger partial charge in [-0.05, 0) is 63.1 Å². The number of thioether (sulfide) groups is 1. The number of aromatic nitrogens is 3. The van der Waals surface area contributed by atoms with E-state index in [9.17, 15) is 18.3 Å². The maximum Gasteiger partial charge on any atom is 0.420 e. The molecule has 44 heavy (non-hydrogen) atoms. The minimum Gasteiger partial charge on any atom is -0.396 e. The Labute approximate surface area is 262 Å². The van der Waals surface area contributed by atoms with E-state index >= 15 is 0 Å². The van der Waals surface area contributed by atoms with Gasteiger partial charge in [-0.15, -0.1) is 23.1 Å². The molecule has 2 atom stereocenters. The molecule has 3 aliphatic heterocycles. The smallest absolute Gasteiger partial charge is 0.396 e. The summed E-state index contributed by atoms with van der Waals surface area (Å²) in [6, 6.07) is 6.77. The second-order valence-corrected chi connectivity index (χ2v) is 14.7. The lowest BCUT2D eigenvalue weighted by Crippen LogP contribution is -2.54. The highest BCUT2D eigenvalue weighted by molar-refractivity contribution is 7.99. The summed E-state index contributed by atoms with van der Waals surface area (Å²) in [6.07, 6.45) is 3.31. The third kappa shape index (κ3) is 5.38. The fraction of sp³-hybridized carbons (Fsp3) is 0.581. The van der Waals surface area contributed by atoms with Crippen LogP contribution in [0.1, 0.15) is 67.0 Å². The Balaban J connectivity index is 1.08. The number of aliphatic hydroxyl groups excluding tert-OH is 1. The maximum atomic E-state index is 14.2. The number of hydrogen-bond acceptors (Lipinski definition) is 10. The van der Waals surface area contributed by atoms with Crippen LogP contribution in [0.4, 0.5) is 30.6 Å². The van der Waals surface area contributed by atoms with Crippen molar-refractivity contribution in [1.82, 2.24) is 19.9 Å². The van der Waals surface area contributed by atoms with Crippen LogP contribution in [0.5, 0.6) is 0 Å². The average Bonchev–Trinajstić information content (AvgIpc) is 3.94. The number of ether oxygens (including phenoxy) is 1. The lowest BCUT2D eigenvalue weighted by Gasteiger charge is -2.41. The largest absolute Gasteiger partial charge is 0.420 e. The van der Waals surface area contributed by atoms with Crippen LogP contribution in [-0.4, -0.2) is 75.6 Å². The van der Waals surface area contributed by atoms with Crippen molar-refractivity contribution in [2.45, 2.75) is 79.6 Å². The SMILES string of the molecule is OCCCN1C2CCC1CN(c1ccc(Nc3ncc(C(F)(F)F)c(-c4cc5c(s4)C4(CC4)OCCS5)n3)c(C3CC3)n1)C2. The molecule has 4 fully saturated rings. The van der Waals surface area contributed by atoms with Crippen molar-refractivity contribution in [3.63, 3.8) is 0 Å². The summed E-state index contributed by atoms with van der Waals surface area (Å²) in [7, 11) is 0. The van der Waals surface area contributed by atoms with E-state index in [4.69, 9.17) is 9.72 Å². The quantitative estimate of drug-likeness (QED) is 0.290. The zero-order valence-corrected chi connectivity index (χ0v) is 25.9. The number of pyridine rings is 1. The van der Waals surface area contributed by atoms with Crippen molar-refractivity contribution in [2.24, 2.45) is 0 Å².